The Kier molecular flexibility index (Phi) is 10.1. The maximum Gasteiger partial charge on any atom is 0.352 e. The van der Waals surface area contributed by atoms with Crippen LogP contribution in [-0.4, -0.2) is 53.7 Å². The largest absolute Gasteiger partial charge is 0.497 e. The normalized spacial score (nSPS) is 12.6. The number of hydrogen-bond donors (Lipinski definition) is 3. The van der Waals surface area contributed by atoms with E-state index in [0.29, 0.717) is 46.7 Å². The third-order valence-corrected chi connectivity index (χ3v) is 6.90. The van der Waals surface area contributed by atoms with Crippen LogP contribution in [0.5, 0.6) is 34.5 Å². The fraction of sp³-hybridized carbons (Fsp3) is 0.242. The van der Waals surface area contributed by atoms with Crippen LogP contribution >= 0.6 is 0 Å². The molecule has 1 saturated heterocycles. The summed E-state index contributed by atoms with van der Waals surface area (Å²) in [6.07, 6.45) is 0. The van der Waals surface area contributed by atoms with E-state index in [1.165, 1.54) is 14.2 Å². The lowest BCUT2D eigenvalue weighted by atomic mass is 10.1. The first-order valence-corrected chi connectivity index (χ1v) is 14.1. The molecule has 5 rings (SSSR count). The molecule has 0 radical (unpaired) electrons. The summed E-state index contributed by atoms with van der Waals surface area (Å²) in [4.78, 5) is 20.8. The van der Waals surface area contributed by atoms with Crippen molar-refractivity contribution >= 4 is 23.1 Å². The molecule has 1 heterocycles. The number of amides is 2. The fourth-order valence-electron chi connectivity index (χ4n) is 4.60. The number of morpholine rings is 1. The summed E-state index contributed by atoms with van der Waals surface area (Å²) in [6.45, 7) is 3.62. The zero-order valence-corrected chi connectivity index (χ0v) is 24.9. The molecule has 44 heavy (non-hydrogen) atoms. The predicted octanol–water partition coefficient (Wildman–Crippen LogP) is 6.07. The Bertz CT molecular complexity index is 1520. The van der Waals surface area contributed by atoms with E-state index in [9.17, 15) is 4.79 Å². The van der Waals surface area contributed by atoms with Gasteiger partial charge in [0.05, 0.1) is 34.5 Å². The number of carbonyl (C=O) groups excluding carboxylic acids is 1. The molecule has 1 fully saturated rings. The molecule has 0 atom stereocenters. The average Bonchev–Trinajstić information content (AvgIpc) is 3.07. The highest BCUT2D eigenvalue weighted by atomic mass is 16.7. The second-order valence-corrected chi connectivity index (χ2v) is 9.81. The van der Waals surface area contributed by atoms with E-state index in [0.717, 1.165) is 43.2 Å². The molecule has 11 heteroatoms. The van der Waals surface area contributed by atoms with Gasteiger partial charge in [-0.3, -0.25) is 0 Å². The van der Waals surface area contributed by atoms with Gasteiger partial charge in [-0.15, -0.1) is 0 Å². The van der Waals surface area contributed by atoms with Crippen LogP contribution in [0.25, 0.3) is 0 Å². The molecule has 3 N–H and O–H groups in total. The van der Waals surface area contributed by atoms with Gasteiger partial charge >= 0.3 is 6.03 Å². The van der Waals surface area contributed by atoms with Crippen LogP contribution in [0.15, 0.2) is 84.9 Å². The van der Waals surface area contributed by atoms with E-state index in [4.69, 9.17) is 28.5 Å². The van der Waals surface area contributed by atoms with E-state index >= 15 is 0 Å². The van der Waals surface area contributed by atoms with Gasteiger partial charge in [-0.2, -0.15) is 5.48 Å². The van der Waals surface area contributed by atoms with Crippen LogP contribution in [0.1, 0.15) is 5.56 Å². The van der Waals surface area contributed by atoms with Crippen LogP contribution < -0.4 is 44.8 Å². The van der Waals surface area contributed by atoms with E-state index in [2.05, 4.69) is 33.1 Å². The van der Waals surface area contributed by atoms with Crippen LogP contribution in [0.4, 0.5) is 21.9 Å². The Hall–Kier alpha value is -5.29. The number of carbonyl (C=O) groups is 1. The Morgan fingerprint density at radius 3 is 2.11 bits per heavy atom. The highest BCUT2D eigenvalue weighted by Crippen LogP contribution is 2.31. The van der Waals surface area contributed by atoms with Crippen molar-refractivity contribution in [3.05, 3.63) is 90.5 Å². The molecule has 0 bridgehead atoms. The van der Waals surface area contributed by atoms with Crippen LogP contribution in [0.3, 0.4) is 0 Å². The Balaban J connectivity index is 1.29. The summed E-state index contributed by atoms with van der Waals surface area (Å²) in [5.74, 6) is 3.43. The van der Waals surface area contributed by atoms with Crippen molar-refractivity contribution in [3.63, 3.8) is 0 Å². The molecule has 0 spiro atoms. The lowest BCUT2D eigenvalue weighted by Crippen LogP contribution is -2.36. The number of benzene rings is 4. The van der Waals surface area contributed by atoms with Crippen molar-refractivity contribution < 1.29 is 33.3 Å². The molecule has 1 aliphatic rings. The standard InChI is InChI=1S/C33H36N4O7/c1-39-27-5-4-6-28(20-27)43-29-11-12-32(44-36-33(38)35-25-18-30(40-2)21-31(19-25)41-3)23(17-29)22-34-24-7-9-26(10-8-24)37-13-15-42-16-14-37/h4-12,17-21,34H,13-16,22H2,1-3H3,(H2,35,36,38). The van der Waals surface area contributed by atoms with Crippen molar-refractivity contribution in [2.75, 3.05) is 63.2 Å². The first-order valence-electron chi connectivity index (χ1n) is 14.1. The van der Waals surface area contributed by atoms with Gasteiger partial charge in [0.25, 0.3) is 0 Å². The third kappa shape index (κ3) is 8.17. The molecule has 0 saturated carbocycles. The summed E-state index contributed by atoms with van der Waals surface area (Å²) in [5, 5.41) is 6.17. The van der Waals surface area contributed by atoms with Gasteiger partial charge in [0, 0.05) is 66.5 Å². The monoisotopic (exact) mass is 600 g/mol. The lowest BCUT2D eigenvalue weighted by molar-refractivity contribution is 0.122. The second-order valence-electron chi connectivity index (χ2n) is 9.81. The summed E-state index contributed by atoms with van der Waals surface area (Å²) >= 11 is 0. The second kappa shape index (κ2) is 14.7. The van der Waals surface area contributed by atoms with Crippen LogP contribution in [0, 0.1) is 0 Å². The quantitative estimate of drug-likeness (QED) is 0.167. The number of hydrogen-bond acceptors (Lipinski definition) is 9. The van der Waals surface area contributed by atoms with Gasteiger partial charge in [0.15, 0.2) is 5.75 Å². The maximum absolute atomic E-state index is 12.7. The highest BCUT2D eigenvalue weighted by molar-refractivity contribution is 5.89. The SMILES string of the molecule is COc1cc(NC(=O)NOc2ccc(Oc3cccc(OC)c3)cc2CNc2ccc(N3CCOCC3)cc2)cc(OC)c1. The number of ether oxygens (including phenoxy) is 5. The summed E-state index contributed by atoms with van der Waals surface area (Å²) < 4.78 is 27.4. The minimum Gasteiger partial charge on any atom is -0.497 e. The minimum atomic E-state index is -0.574. The molecule has 0 aromatic heterocycles. The predicted molar refractivity (Wildman–Crippen MR) is 169 cm³/mol. The van der Waals surface area contributed by atoms with Crippen molar-refractivity contribution in [2.24, 2.45) is 0 Å². The Morgan fingerprint density at radius 1 is 0.750 bits per heavy atom. The van der Waals surface area contributed by atoms with Gasteiger partial charge in [0.1, 0.15) is 28.7 Å². The van der Waals surface area contributed by atoms with Crippen molar-refractivity contribution in [1.82, 2.24) is 5.48 Å². The molecule has 11 nitrogen and oxygen atoms in total. The molecule has 0 unspecified atom stereocenters. The van der Waals surface area contributed by atoms with E-state index in [1.54, 1.807) is 43.5 Å². The fourth-order valence-corrected chi connectivity index (χ4v) is 4.60. The van der Waals surface area contributed by atoms with Crippen LogP contribution in [0.2, 0.25) is 0 Å². The molecule has 2 amide bonds. The first kappa shape index (κ1) is 30.2. The number of nitrogens with zero attached hydrogens (tertiary/aromatic N) is 1. The number of hydroxylamine groups is 1. The zero-order chi connectivity index (χ0) is 30.7. The Morgan fingerprint density at radius 2 is 1.41 bits per heavy atom. The van der Waals surface area contributed by atoms with E-state index < -0.39 is 6.03 Å². The van der Waals surface area contributed by atoms with Gasteiger partial charge in [-0.1, -0.05) is 6.07 Å². The number of methoxy groups -OCH3 is 3. The van der Waals surface area contributed by atoms with Gasteiger partial charge in [-0.25, -0.2) is 4.79 Å². The highest BCUT2D eigenvalue weighted by Gasteiger charge is 2.13. The topological polar surface area (TPSA) is 112 Å². The maximum atomic E-state index is 12.7. The van der Waals surface area contributed by atoms with E-state index in [1.807, 2.05) is 36.4 Å². The van der Waals surface area contributed by atoms with Gasteiger partial charge < -0.3 is 44.1 Å². The average molecular weight is 601 g/mol. The summed E-state index contributed by atoms with van der Waals surface area (Å²) in [6, 6.07) is 25.5. The molecular weight excluding hydrogens is 564 g/mol. The Labute approximate surface area is 256 Å². The summed E-state index contributed by atoms with van der Waals surface area (Å²) in [7, 11) is 4.69. The molecule has 0 aliphatic carbocycles. The molecule has 230 valence electrons. The first-order chi connectivity index (χ1) is 21.5. The number of urea groups is 1. The van der Waals surface area contributed by atoms with Crippen molar-refractivity contribution in [3.8, 4) is 34.5 Å². The smallest absolute Gasteiger partial charge is 0.352 e. The molecule has 1 aliphatic heterocycles. The summed E-state index contributed by atoms with van der Waals surface area (Å²) in [5.41, 5.74) is 5.78. The van der Waals surface area contributed by atoms with E-state index in [-0.39, 0.29) is 0 Å². The van der Waals surface area contributed by atoms with Crippen molar-refractivity contribution in [1.29, 1.82) is 0 Å². The third-order valence-electron chi connectivity index (χ3n) is 6.90. The zero-order valence-electron chi connectivity index (χ0n) is 24.9. The van der Waals surface area contributed by atoms with Gasteiger partial charge in [-0.05, 0) is 54.6 Å². The number of anilines is 3. The lowest BCUT2D eigenvalue weighted by Gasteiger charge is -2.29. The number of nitrogens with one attached hydrogen (secondary N) is 3. The van der Waals surface area contributed by atoms with Crippen molar-refractivity contribution in [2.45, 2.75) is 6.54 Å². The molecule has 4 aromatic carbocycles. The molecular formula is C33H36N4O7. The van der Waals surface area contributed by atoms with Crippen LogP contribution in [-0.2, 0) is 11.3 Å². The minimum absolute atomic E-state index is 0.401. The van der Waals surface area contributed by atoms with Gasteiger partial charge in [0.2, 0.25) is 0 Å². The number of rotatable bonds is 12. The molecule has 4 aromatic rings.